The first-order valence-corrected chi connectivity index (χ1v) is 7.57. The number of rotatable bonds is 4. The van der Waals surface area contributed by atoms with Gasteiger partial charge in [0.25, 0.3) is 5.91 Å². The van der Waals surface area contributed by atoms with Gasteiger partial charge in [0.1, 0.15) is 4.92 Å². The zero-order chi connectivity index (χ0) is 16.2. The molecule has 0 aliphatic carbocycles. The molecule has 0 aromatic carbocycles. The van der Waals surface area contributed by atoms with E-state index >= 15 is 0 Å². The van der Waals surface area contributed by atoms with E-state index in [1.807, 2.05) is 18.2 Å². The van der Waals surface area contributed by atoms with Gasteiger partial charge in [-0.1, -0.05) is 6.07 Å². The van der Waals surface area contributed by atoms with Gasteiger partial charge in [-0.25, -0.2) is 0 Å². The fourth-order valence-electron chi connectivity index (χ4n) is 2.85. The number of nitro groups is 1. The van der Waals surface area contributed by atoms with E-state index in [1.165, 1.54) is 12.1 Å². The van der Waals surface area contributed by atoms with Crippen LogP contribution in [0.2, 0.25) is 0 Å². The van der Waals surface area contributed by atoms with Crippen LogP contribution in [0.15, 0.2) is 40.9 Å². The Hall–Kier alpha value is -2.70. The molecule has 3 heterocycles. The fraction of sp³-hybridized carbons (Fsp3) is 0.375. The van der Waals surface area contributed by atoms with E-state index in [9.17, 15) is 14.9 Å². The molecule has 0 unspecified atom stereocenters. The normalized spacial score (nSPS) is 15.6. The monoisotopic (exact) mass is 315 g/mol. The van der Waals surface area contributed by atoms with Gasteiger partial charge in [-0.05, 0) is 43.4 Å². The molecule has 0 bridgehead atoms. The molecule has 1 saturated heterocycles. The molecule has 7 nitrogen and oxygen atoms in total. The number of nitrogens with zero attached hydrogens (tertiary/aromatic N) is 3. The number of hydrogen-bond donors (Lipinski definition) is 0. The molecule has 1 amide bonds. The highest BCUT2D eigenvalue weighted by Crippen LogP contribution is 2.23. The van der Waals surface area contributed by atoms with Crippen LogP contribution in [0.5, 0.6) is 0 Å². The largest absolute Gasteiger partial charge is 0.433 e. The van der Waals surface area contributed by atoms with Crippen molar-refractivity contribution < 1.29 is 14.1 Å². The minimum absolute atomic E-state index is 0.0277. The van der Waals surface area contributed by atoms with E-state index in [2.05, 4.69) is 4.98 Å². The molecule has 23 heavy (non-hydrogen) atoms. The lowest BCUT2D eigenvalue weighted by molar-refractivity contribution is -0.402. The zero-order valence-electron chi connectivity index (χ0n) is 12.6. The van der Waals surface area contributed by atoms with E-state index in [1.54, 1.807) is 11.1 Å². The molecule has 0 spiro atoms. The molecule has 0 N–H and O–H groups in total. The summed E-state index contributed by atoms with van der Waals surface area (Å²) in [4.78, 5) is 28.3. The Morgan fingerprint density at radius 2 is 2.09 bits per heavy atom. The molecular formula is C16H17N3O4. The standard InChI is InChI=1S/C16H17N3O4/c20-16(14-4-5-15(23-14)19(21)22)18-9-6-12(7-10-18)11-13-3-1-2-8-17-13/h1-5,8,12H,6-7,9-11H2. The Balaban J connectivity index is 1.55. The Morgan fingerprint density at radius 1 is 1.30 bits per heavy atom. The number of likely N-dealkylation sites (tertiary alicyclic amines) is 1. The highest BCUT2D eigenvalue weighted by atomic mass is 16.6. The van der Waals surface area contributed by atoms with Crippen LogP contribution in [0.1, 0.15) is 29.1 Å². The summed E-state index contributed by atoms with van der Waals surface area (Å²) < 4.78 is 4.98. The summed E-state index contributed by atoms with van der Waals surface area (Å²) in [7, 11) is 0. The van der Waals surface area contributed by atoms with Gasteiger partial charge in [0.2, 0.25) is 0 Å². The van der Waals surface area contributed by atoms with Gasteiger partial charge in [-0.3, -0.25) is 19.9 Å². The summed E-state index contributed by atoms with van der Waals surface area (Å²) in [5.74, 6) is -0.160. The smallest absolute Gasteiger partial charge is 0.395 e. The van der Waals surface area contributed by atoms with Crippen molar-refractivity contribution in [3.63, 3.8) is 0 Å². The second-order valence-corrected chi connectivity index (χ2v) is 5.66. The van der Waals surface area contributed by atoms with Gasteiger partial charge in [0.05, 0.1) is 6.07 Å². The molecule has 120 valence electrons. The average Bonchev–Trinajstić information content (AvgIpc) is 3.06. The second kappa shape index (κ2) is 6.60. The lowest BCUT2D eigenvalue weighted by Gasteiger charge is -2.31. The first-order valence-electron chi connectivity index (χ1n) is 7.57. The van der Waals surface area contributed by atoms with Crippen LogP contribution >= 0.6 is 0 Å². The number of amides is 1. The van der Waals surface area contributed by atoms with Crippen molar-refractivity contribution in [2.75, 3.05) is 13.1 Å². The van der Waals surface area contributed by atoms with Crippen LogP contribution in [-0.4, -0.2) is 33.8 Å². The maximum absolute atomic E-state index is 12.3. The Morgan fingerprint density at radius 3 is 2.70 bits per heavy atom. The lowest BCUT2D eigenvalue weighted by Crippen LogP contribution is -2.38. The van der Waals surface area contributed by atoms with E-state index in [-0.39, 0.29) is 11.7 Å². The fourth-order valence-corrected chi connectivity index (χ4v) is 2.85. The molecule has 2 aromatic rings. The summed E-state index contributed by atoms with van der Waals surface area (Å²) in [6.07, 6.45) is 4.49. The molecular weight excluding hydrogens is 298 g/mol. The predicted octanol–water partition coefficient (Wildman–Crippen LogP) is 2.68. The summed E-state index contributed by atoms with van der Waals surface area (Å²) in [5, 5.41) is 10.6. The number of furan rings is 1. The molecule has 0 saturated carbocycles. The van der Waals surface area contributed by atoms with Crippen molar-refractivity contribution in [3.05, 3.63) is 58.1 Å². The minimum Gasteiger partial charge on any atom is -0.395 e. The first-order chi connectivity index (χ1) is 11.1. The maximum atomic E-state index is 12.3. The quantitative estimate of drug-likeness (QED) is 0.639. The summed E-state index contributed by atoms with van der Waals surface area (Å²) in [5.41, 5.74) is 1.07. The van der Waals surface area contributed by atoms with Crippen LogP contribution in [0, 0.1) is 16.0 Å². The summed E-state index contributed by atoms with van der Waals surface area (Å²) in [6, 6.07) is 8.46. The van der Waals surface area contributed by atoms with Gasteiger partial charge in [-0.15, -0.1) is 0 Å². The number of aromatic nitrogens is 1. The van der Waals surface area contributed by atoms with Crippen LogP contribution in [0.3, 0.4) is 0 Å². The predicted molar refractivity (Wildman–Crippen MR) is 81.9 cm³/mol. The van der Waals surface area contributed by atoms with Crippen molar-refractivity contribution in [2.24, 2.45) is 5.92 Å². The van der Waals surface area contributed by atoms with E-state index in [4.69, 9.17) is 4.42 Å². The summed E-state index contributed by atoms with van der Waals surface area (Å²) >= 11 is 0. The van der Waals surface area contributed by atoms with Crippen molar-refractivity contribution in [2.45, 2.75) is 19.3 Å². The van der Waals surface area contributed by atoms with Crippen molar-refractivity contribution >= 4 is 11.8 Å². The highest BCUT2D eigenvalue weighted by Gasteiger charge is 2.27. The summed E-state index contributed by atoms with van der Waals surface area (Å²) in [6.45, 7) is 1.26. The second-order valence-electron chi connectivity index (χ2n) is 5.66. The number of carbonyl (C=O) groups is 1. The van der Waals surface area contributed by atoms with E-state index in [0.717, 1.165) is 25.0 Å². The van der Waals surface area contributed by atoms with E-state index < -0.39 is 10.8 Å². The van der Waals surface area contributed by atoms with Gasteiger partial charge in [0, 0.05) is 25.0 Å². The lowest BCUT2D eigenvalue weighted by atomic mass is 9.92. The molecule has 1 fully saturated rings. The molecule has 1 aliphatic heterocycles. The maximum Gasteiger partial charge on any atom is 0.433 e. The molecule has 7 heteroatoms. The van der Waals surface area contributed by atoms with Crippen LogP contribution in [-0.2, 0) is 6.42 Å². The van der Waals surface area contributed by atoms with Crippen molar-refractivity contribution in [1.29, 1.82) is 0 Å². The third-order valence-corrected chi connectivity index (χ3v) is 4.11. The Labute approximate surface area is 133 Å². The highest BCUT2D eigenvalue weighted by molar-refractivity contribution is 5.91. The van der Waals surface area contributed by atoms with E-state index in [0.29, 0.717) is 19.0 Å². The molecule has 1 aliphatic rings. The zero-order valence-corrected chi connectivity index (χ0v) is 12.6. The van der Waals surface area contributed by atoms with Crippen LogP contribution < -0.4 is 0 Å². The van der Waals surface area contributed by atoms with Crippen LogP contribution in [0.4, 0.5) is 5.88 Å². The van der Waals surface area contributed by atoms with Gasteiger partial charge < -0.3 is 9.32 Å². The molecule has 0 atom stereocenters. The number of pyridine rings is 1. The van der Waals surface area contributed by atoms with Crippen molar-refractivity contribution in [3.8, 4) is 0 Å². The molecule has 2 aromatic heterocycles. The average molecular weight is 315 g/mol. The molecule has 0 radical (unpaired) electrons. The Bertz CT molecular complexity index is 690. The van der Waals surface area contributed by atoms with Crippen molar-refractivity contribution in [1.82, 2.24) is 9.88 Å². The van der Waals surface area contributed by atoms with Gasteiger partial charge in [-0.2, -0.15) is 0 Å². The number of carbonyl (C=O) groups excluding carboxylic acids is 1. The number of hydrogen-bond acceptors (Lipinski definition) is 5. The Kier molecular flexibility index (Phi) is 4.36. The van der Waals surface area contributed by atoms with Crippen LogP contribution in [0.25, 0.3) is 0 Å². The third kappa shape index (κ3) is 3.56. The SMILES string of the molecule is O=C(c1ccc([N+](=O)[O-])o1)N1CCC(Cc2ccccn2)CC1. The topological polar surface area (TPSA) is 89.5 Å². The molecule has 3 rings (SSSR count). The third-order valence-electron chi connectivity index (χ3n) is 4.11. The van der Waals surface area contributed by atoms with Gasteiger partial charge in [0.15, 0.2) is 5.76 Å². The minimum atomic E-state index is -0.643. The number of piperidine rings is 1. The van der Waals surface area contributed by atoms with Gasteiger partial charge >= 0.3 is 5.88 Å². The first kappa shape index (κ1) is 15.2.